The van der Waals surface area contributed by atoms with Gasteiger partial charge in [0.05, 0.1) is 24.8 Å². The largest absolute Gasteiger partial charge is 0.461 e. The highest BCUT2D eigenvalue weighted by atomic mass is 16.5. The second kappa shape index (κ2) is 8.51. The van der Waals surface area contributed by atoms with Gasteiger partial charge in [-0.1, -0.05) is 0 Å². The minimum Gasteiger partial charge on any atom is -0.461 e. The van der Waals surface area contributed by atoms with Crippen LogP contribution in [-0.4, -0.2) is 49.2 Å². The fourth-order valence-corrected chi connectivity index (χ4v) is 1.95. The maximum atomic E-state index is 12.0. The number of rotatable bonds is 8. The van der Waals surface area contributed by atoms with Crippen molar-refractivity contribution in [1.82, 2.24) is 5.32 Å². The molecule has 7 nitrogen and oxygen atoms in total. The Morgan fingerprint density at radius 1 is 1.43 bits per heavy atom. The Morgan fingerprint density at radius 3 is 2.67 bits per heavy atom. The van der Waals surface area contributed by atoms with Gasteiger partial charge in [0.1, 0.15) is 6.04 Å². The summed E-state index contributed by atoms with van der Waals surface area (Å²) in [6.07, 6.45) is 1.17. The quantitative estimate of drug-likeness (QED) is 0.500. The summed E-state index contributed by atoms with van der Waals surface area (Å²) in [7, 11) is 0. The van der Waals surface area contributed by atoms with Crippen molar-refractivity contribution in [2.45, 2.75) is 45.3 Å². The van der Waals surface area contributed by atoms with Crippen molar-refractivity contribution < 1.29 is 23.9 Å². The van der Waals surface area contributed by atoms with Crippen molar-refractivity contribution in [2.24, 2.45) is 5.92 Å². The molecule has 21 heavy (non-hydrogen) atoms. The minimum absolute atomic E-state index is 0.0167. The molecular weight excluding hydrogens is 276 g/mol. The number of nitrogens with one attached hydrogen (secondary N) is 2. The second-order valence-electron chi connectivity index (χ2n) is 5.26. The molecule has 1 fully saturated rings. The maximum absolute atomic E-state index is 12.0. The highest BCUT2D eigenvalue weighted by Crippen LogP contribution is 2.13. The van der Waals surface area contributed by atoms with Gasteiger partial charge >= 0.3 is 5.97 Å². The van der Waals surface area contributed by atoms with Crippen LogP contribution in [-0.2, 0) is 23.9 Å². The average Bonchev–Trinajstić information content (AvgIpc) is 2.95. The Bertz CT molecular complexity index is 402. The third-order valence-corrected chi connectivity index (χ3v) is 3.09. The topological polar surface area (TPSA) is 106 Å². The fraction of sp³-hybridized carbons (Fsp3) is 0.714. The van der Waals surface area contributed by atoms with Gasteiger partial charge in [0.2, 0.25) is 5.91 Å². The van der Waals surface area contributed by atoms with Gasteiger partial charge in [-0.3, -0.25) is 9.59 Å². The van der Waals surface area contributed by atoms with Crippen molar-refractivity contribution in [3.63, 3.8) is 0 Å². The summed E-state index contributed by atoms with van der Waals surface area (Å²) < 4.78 is 10.2. The van der Waals surface area contributed by atoms with Crippen LogP contribution < -0.4 is 5.32 Å². The zero-order valence-corrected chi connectivity index (χ0v) is 12.4. The van der Waals surface area contributed by atoms with Crippen molar-refractivity contribution in [2.75, 3.05) is 13.2 Å². The summed E-state index contributed by atoms with van der Waals surface area (Å²) in [6, 6.07) is -0.871. The molecule has 1 heterocycles. The number of hydrogen-bond donors (Lipinski definition) is 2. The van der Waals surface area contributed by atoms with Crippen LogP contribution in [0.4, 0.5) is 0 Å². The Morgan fingerprint density at radius 2 is 2.14 bits per heavy atom. The van der Waals surface area contributed by atoms with Crippen LogP contribution >= 0.6 is 0 Å². The third-order valence-electron chi connectivity index (χ3n) is 3.09. The molecule has 1 aliphatic heterocycles. The van der Waals surface area contributed by atoms with E-state index in [0.717, 1.165) is 0 Å². The molecular formula is C14H22N2O5. The average molecular weight is 298 g/mol. The first-order valence-electron chi connectivity index (χ1n) is 7.06. The van der Waals surface area contributed by atoms with Gasteiger partial charge in [-0.2, -0.15) is 0 Å². The first-order chi connectivity index (χ1) is 9.93. The summed E-state index contributed by atoms with van der Waals surface area (Å²) in [5.41, 5.74) is 0. The monoisotopic (exact) mass is 298 g/mol. The van der Waals surface area contributed by atoms with Crippen molar-refractivity contribution in [3.8, 4) is 0 Å². The molecule has 1 amide bonds. The predicted octanol–water partition coefficient (Wildman–Crippen LogP) is 0.458. The number of ketones is 1. The fourth-order valence-electron chi connectivity index (χ4n) is 1.95. The van der Waals surface area contributed by atoms with Crippen LogP contribution in [0.5, 0.6) is 0 Å². The second-order valence-corrected chi connectivity index (χ2v) is 5.26. The maximum Gasteiger partial charge on any atom is 0.328 e. The predicted molar refractivity (Wildman–Crippen MR) is 75.1 cm³/mol. The van der Waals surface area contributed by atoms with E-state index in [2.05, 4.69) is 5.32 Å². The van der Waals surface area contributed by atoms with E-state index < -0.39 is 17.8 Å². The van der Waals surface area contributed by atoms with E-state index >= 15 is 0 Å². The van der Waals surface area contributed by atoms with Crippen LogP contribution in [0.25, 0.3) is 0 Å². The normalized spacial score (nSPS) is 19.1. The molecule has 0 unspecified atom stereocenters. The molecule has 2 atom stereocenters. The zero-order chi connectivity index (χ0) is 15.8. The number of carbonyl (C=O) groups is 3. The van der Waals surface area contributed by atoms with E-state index in [1.165, 1.54) is 0 Å². The Hall–Kier alpha value is -1.76. The molecule has 0 radical (unpaired) electrons. The lowest BCUT2D eigenvalue weighted by Crippen LogP contribution is -2.45. The van der Waals surface area contributed by atoms with Crippen molar-refractivity contribution in [1.29, 1.82) is 5.41 Å². The molecule has 0 aromatic carbocycles. The molecule has 0 aromatic heterocycles. The Balaban J connectivity index is 2.60. The number of carbonyl (C=O) groups excluding carboxylic acids is 3. The van der Waals surface area contributed by atoms with Crippen LogP contribution in [0.15, 0.2) is 0 Å². The summed E-state index contributed by atoms with van der Waals surface area (Å²) in [4.78, 5) is 35.2. The lowest BCUT2D eigenvalue weighted by molar-refractivity contribution is -0.152. The molecule has 0 bridgehead atoms. The van der Waals surface area contributed by atoms with E-state index in [1.54, 1.807) is 13.8 Å². The molecule has 0 aromatic rings. The third kappa shape index (κ3) is 6.03. The van der Waals surface area contributed by atoms with Gasteiger partial charge in [-0.25, -0.2) is 4.79 Å². The molecule has 7 heteroatoms. The highest BCUT2D eigenvalue weighted by molar-refractivity contribution is 6.26. The van der Waals surface area contributed by atoms with E-state index in [9.17, 15) is 14.4 Å². The van der Waals surface area contributed by atoms with Crippen LogP contribution in [0.2, 0.25) is 0 Å². The zero-order valence-electron chi connectivity index (χ0n) is 12.4. The molecule has 2 N–H and O–H groups in total. The van der Waals surface area contributed by atoms with E-state index in [4.69, 9.17) is 14.9 Å². The van der Waals surface area contributed by atoms with Gasteiger partial charge in [0.25, 0.3) is 0 Å². The van der Waals surface area contributed by atoms with Gasteiger partial charge in [-0.05, 0) is 26.7 Å². The van der Waals surface area contributed by atoms with Crippen LogP contribution in [0.1, 0.15) is 33.1 Å². The molecule has 0 aliphatic carbocycles. The number of ether oxygens (including phenoxy) is 2. The first-order valence-corrected chi connectivity index (χ1v) is 7.06. The van der Waals surface area contributed by atoms with Gasteiger partial charge in [-0.15, -0.1) is 0 Å². The van der Waals surface area contributed by atoms with Crippen molar-refractivity contribution >= 4 is 23.9 Å². The van der Waals surface area contributed by atoms with E-state index in [-0.39, 0.29) is 30.8 Å². The Kier molecular flexibility index (Phi) is 7.01. The van der Waals surface area contributed by atoms with Gasteiger partial charge in [0, 0.05) is 13.0 Å². The molecule has 0 spiro atoms. The first kappa shape index (κ1) is 17.3. The van der Waals surface area contributed by atoms with Crippen molar-refractivity contribution in [3.05, 3.63) is 0 Å². The SMILES string of the molecule is CC(C)OC(=O)[C@H](CCC(=O)C=N)NC(=O)[C@@H]1CCOC1. The summed E-state index contributed by atoms with van der Waals surface area (Å²) in [6.45, 7) is 4.30. The molecule has 1 aliphatic rings. The molecule has 1 rings (SSSR count). The lowest BCUT2D eigenvalue weighted by Gasteiger charge is -2.20. The summed E-state index contributed by atoms with van der Waals surface area (Å²) in [5, 5.41) is 9.48. The number of esters is 1. The van der Waals surface area contributed by atoms with Gasteiger partial charge in [0.15, 0.2) is 5.78 Å². The smallest absolute Gasteiger partial charge is 0.328 e. The number of amides is 1. The van der Waals surface area contributed by atoms with Crippen LogP contribution in [0.3, 0.4) is 0 Å². The highest BCUT2D eigenvalue weighted by Gasteiger charge is 2.29. The minimum atomic E-state index is -0.871. The van der Waals surface area contributed by atoms with E-state index in [0.29, 0.717) is 25.8 Å². The lowest BCUT2D eigenvalue weighted by atomic mass is 10.1. The Labute approximate surface area is 123 Å². The van der Waals surface area contributed by atoms with E-state index in [1.807, 2.05) is 0 Å². The van der Waals surface area contributed by atoms with Crippen LogP contribution in [0, 0.1) is 11.3 Å². The standard InChI is InChI=1S/C14H22N2O5/c1-9(2)21-14(19)12(4-3-11(17)7-15)16-13(18)10-5-6-20-8-10/h7,9-10,12,15H,3-6,8H2,1-2H3,(H,16,18)/t10-,12+/m1/s1. The molecule has 118 valence electrons. The summed E-state index contributed by atoms with van der Waals surface area (Å²) in [5.74, 6) is -1.48. The number of hydrogen-bond acceptors (Lipinski definition) is 6. The molecule has 0 saturated carbocycles. The molecule has 1 saturated heterocycles. The number of Topliss-reactive ketones (excluding diaryl/α,β-unsaturated/α-hetero) is 1. The summed E-state index contributed by atoms with van der Waals surface area (Å²) >= 11 is 0. The van der Waals surface area contributed by atoms with Gasteiger partial charge < -0.3 is 20.2 Å².